The van der Waals surface area contributed by atoms with E-state index in [1.165, 1.54) is 0 Å². The molecule has 6 nitrogen and oxygen atoms in total. The van der Waals surface area contributed by atoms with Gasteiger partial charge in [-0.1, -0.05) is 15.9 Å². The maximum absolute atomic E-state index is 12.3. The lowest BCUT2D eigenvalue weighted by atomic mass is 10.0. The first-order valence-electron chi connectivity index (χ1n) is 6.15. The minimum absolute atomic E-state index is 0.160. The summed E-state index contributed by atoms with van der Waals surface area (Å²) >= 11 is 3.41. The van der Waals surface area contributed by atoms with Gasteiger partial charge in [-0.15, -0.1) is 5.10 Å². The van der Waals surface area contributed by atoms with Gasteiger partial charge in [0.15, 0.2) is 0 Å². The third-order valence-electron chi connectivity index (χ3n) is 3.28. The number of carbonyl (C=O) groups is 1. The first-order valence-corrected chi connectivity index (χ1v) is 6.94. The molecule has 0 saturated carbocycles. The second kappa shape index (κ2) is 4.90. The first-order chi connectivity index (χ1) is 9.54. The van der Waals surface area contributed by atoms with Crippen molar-refractivity contribution in [2.24, 2.45) is 7.05 Å². The molecule has 0 bridgehead atoms. The Hall–Kier alpha value is -1.89. The number of hydrogen-bond acceptors (Lipinski definition) is 4. The lowest BCUT2D eigenvalue weighted by Crippen LogP contribution is -2.23. The SMILES string of the molecule is Cc1nc(NC(=O)C2COc3ccc(Br)cc32)nn1C. The predicted octanol–water partition coefficient (Wildman–Crippen LogP) is 2.00. The summed E-state index contributed by atoms with van der Waals surface area (Å²) < 4.78 is 8.07. The monoisotopic (exact) mass is 336 g/mol. The maximum atomic E-state index is 12.3. The van der Waals surface area contributed by atoms with Gasteiger partial charge in [0.2, 0.25) is 11.9 Å². The fourth-order valence-corrected chi connectivity index (χ4v) is 2.49. The van der Waals surface area contributed by atoms with Crippen LogP contribution in [0.25, 0.3) is 0 Å². The summed E-state index contributed by atoms with van der Waals surface area (Å²) in [6, 6.07) is 5.66. The van der Waals surface area contributed by atoms with E-state index in [1.54, 1.807) is 11.7 Å². The standard InChI is InChI=1S/C13H13BrN4O2/c1-7-15-13(17-18(7)2)16-12(19)10-6-20-11-4-3-8(14)5-9(10)11/h3-5,10H,6H2,1-2H3,(H,16,17,19). The molecular formula is C13H13BrN4O2. The van der Waals surface area contributed by atoms with Crippen molar-refractivity contribution >= 4 is 27.8 Å². The summed E-state index contributed by atoms with van der Waals surface area (Å²) in [6.07, 6.45) is 0. The third-order valence-corrected chi connectivity index (χ3v) is 3.78. The summed E-state index contributed by atoms with van der Waals surface area (Å²) in [5.74, 6) is 1.31. The Morgan fingerprint density at radius 2 is 2.35 bits per heavy atom. The molecule has 2 heterocycles. The van der Waals surface area contributed by atoms with Gasteiger partial charge in [0.25, 0.3) is 0 Å². The van der Waals surface area contributed by atoms with E-state index in [4.69, 9.17) is 4.74 Å². The Labute approximate surface area is 124 Å². The van der Waals surface area contributed by atoms with Crippen molar-refractivity contribution in [2.45, 2.75) is 12.8 Å². The van der Waals surface area contributed by atoms with E-state index in [-0.39, 0.29) is 11.8 Å². The Morgan fingerprint density at radius 1 is 1.55 bits per heavy atom. The van der Waals surface area contributed by atoms with Crippen LogP contribution >= 0.6 is 15.9 Å². The topological polar surface area (TPSA) is 69.0 Å². The van der Waals surface area contributed by atoms with Crippen LogP contribution in [0.4, 0.5) is 5.95 Å². The van der Waals surface area contributed by atoms with Crippen LogP contribution in [0, 0.1) is 6.92 Å². The number of nitrogens with one attached hydrogen (secondary N) is 1. The molecule has 3 rings (SSSR count). The Morgan fingerprint density at radius 3 is 3.05 bits per heavy atom. The number of halogens is 1. The molecule has 0 radical (unpaired) electrons. The molecule has 7 heteroatoms. The highest BCUT2D eigenvalue weighted by molar-refractivity contribution is 9.10. The van der Waals surface area contributed by atoms with E-state index >= 15 is 0 Å². The zero-order valence-corrected chi connectivity index (χ0v) is 12.6. The number of ether oxygens (including phenoxy) is 1. The molecule has 104 valence electrons. The number of nitrogens with zero attached hydrogens (tertiary/aromatic N) is 3. The zero-order valence-electron chi connectivity index (χ0n) is 11.1. The second-order valence-corrected chi connectivity index (χ2v) is 5.56. The first kappa shape index (κ1) is 13.1. The molecule has 0 aliphatic carbocycles. The van der Waals surface area contributed by atoms with E-state index < -0.39 is 0 Å². The number of amides is 1. The molecule has 1 amide bonds. The Kier molecular flexibility index (Phi) is 3.21. The molecule has 2 aromatic rings. The van der Waals surface area contributed by atoms with E-state index in [1.807, 2.05) is 25.1 Å². The Bertz CT molecular complexity index is 664. The van der Waals surface area contributed by atoms with Crippen LogP contribution in [0.2, 0.25) is 0 Å². The molecule has 20 heavy (non-hydrogen) atoms. The van der Waals surface area contributed by atoms with Gasteiger partial charge >= 0.3 is 0 Å². The van der Waals surface area contributed by atoms with Crippen LogP contribution in [-0.4, -0.2) is 27.3 Å². The van der Waals surface area contributed by atoms with Crippen molar-refractivity contribution in [1.29, 1.82) is 0 Å². The molecule has 1 N–H and O–H groups in total. The summed E-state index contributed by atoms with van der Waals surface area (Å²) in [5, 5.41) is 6.85. The van der Waals surface area contributed by atoms with Crippen molar-refractivity contribution in [3.05, 3.63) is 34.1 Å². The van der Waals surface area contributed by atoms with Crippen molar-refractivity contribution in [1.82, 2.24) is 14.8 Å². The predicted molar refractivity (Wildman–Crippen MR) is 76.7 cm³/mol. The molecule has 1 unspecified atom stereocenters. The van der Waals surface area contributed by atoms with E-state index in [0.29, 0.717) is 12.6 Å². The highest BCUT2D eigenvalue weighted by Gasteiger charge is 2.31. The van der Waals surface area contributed by atoms with Crippen molar-refractivity contribution in [3.8, 4) is 5.75 Å². The average Bonchev–Trinajstić information content (AvgIpc) is 2.93. The molecule has 1 atom stereocenters. The van der Waals surface area contributed by atoms with Gasteiger partial charge in [-0.25, -0.2) is 0 Å². The lowest BCUT2D eigenvalue weighted by Gasteiger charge is -2.07. The normalized spacial score (nSPS) is 16.6. The van der Waals surface area contributed by atoms with Crippen LogP contribution < -0.4 is 10.1 Å². The molecule has 1 aromatic carbocycles. The second-order valence-electron chi connectivity index (χ2n) is 4.64. The quantitative estimate of drug-likeness (QED) is 0.910. The van der Waals surface area contributed by atoms with Crippen LogP contribution in [0.3, 0.4) is 0 Å². The number of anilines is 1. The van der Waals surface area contributed by atoms with Crippen LogP contribution in [-0.2, 0) is 11.8 Å². The third kappa shape index (κ3) is 2.29. The van der Waals surface area contributed by atoms with Gasteiger partial charge in [0, 0.05) is 17.1 Å². The van der Waals surface area contributed by atoms with Crippen LogP contribution in [0.5, 0.6) is 5.75 Å². The summed E-state index contributed by atoms with van der Waals surface area (Å²) in [6.45, 7) is 2.16. The van der Waals surface area contributed by atoms with E-state index in [0.717, 1.165) is 21.6 Å². The van der Waals surface area contributed by atoms with E-state index in [9.17, 15) is 4.79 Å². The van der Waals surface area contributed by atoms with Gasteiger partial charge in [-0.05, 0) is 25.1 Å². The van der Waals surface area contributed by atoms with Crippen LogP contribution in [0.15, 0.2) is 22.7 Å². The van der Waals surface area contributed by atoms with Gasteiger partial charge in [-0.3, -0.25) is 14.8 Å². The molecular weight excluding hydrogens is 324 g/mol. The highest BCUT2D eigenvalue weighted by Crippen LogP contribution is 2.36. The number of fused-ring (bicyclic) bond motifs is 1. The minimum Gasteiger partial charge on any atom is -0.492 e. The number of rotatable bonds is 2. The van der Waals surface area contributed by atoms with Crippen molar-refractivity contribution in [3.63, 3.8) is 0 Å². The molecule has 0 saturated heterocycles. The van der Waals surface area contributed by atoms with E-state index in [2.05, 4.69) is 31.3 Å². The van der Waals surface area contributed by atoms with Crippen molar-refractivity contribution < 1.29 is 9.53 Å². The average molecular weight is 337 g/mol. The number of aryl methyl sites for hydroxylation is 2. The smallest absolute Gasteiger partial charge is 0.248 e. The molecule has 1 aromatic heterocycles. The van der Waals surface area contributed by atoms with Gasteiger partial charge in [-0.2, -0.15) is 4.98 Å². The largest absolute Gasteiger partial charge is 0.492 e. The number of carbonyl (C=O) groups excluding carboxylic acids is 1. The fraction of sp³-hybridized carbons (Fsp3) is 0.308. The lowest BCUT2D eigenvalue weighted by molar-refractivity contribution is -0.117. The Balaban J connectivity index is 1.81. The molecule has 1 aliphatic heterocycles. The van der Waals surface area contributed by atoms with Gasteiger partial charge in [0.05, 0.1) is 0 Å². The molecule has 0 fully saturated rings. The highest BCUT2D eigenvalue weighted by atomic mass is 79.9. The summed E-state index contributed by atoms with van der Waals surface area (Å²) in [7, 11) is 1.78. The van der Waals surface area contributed by atoms with Gasteiger partial charge < -0.3 is 4.74 Å². The molecule has 1 aliphatic rings. The van der Waals surface area contributed by atoms with Crippen molar-refractivity contribution in [2.75, 3.05) is 11.9 Å². The van der Waals surface area contributed by atoms with Gasteiger partial charge in [0.1, 0.15) is 24.1 Å². The maximum Gasteiger partial charge on any atom is 0.248 e. The number of benzene rings is 1. The number of hydrogen-bond donors (Lipinski definition) is 1. The molecule has 0 spiro atoms. The van der Waals surface area contributed by atoms with Crippen LogP contribution in [0.1, 0.15) is 17.3 Å². The minimum atomic E-state index is -0.341. The summed E-state index contributed by atoms with van der Waals surface area (Å²) in [5.41, 5.74) is 0.879. The summed E-state index contributed by atoms with van der Waals surface area (Å²) in [4.78, 5) is 16.5. The zero-order chi connectivity index (χ0) is 14.3. The number of aromatic nitrogens is 3. The fourth-order valence-electron chi connectivity index (χ4n) is 2.12.